The van der Waals surface area contributed by atoms with Crippen LogP contribution in [0.25, 0.3) is 21.9 Å². The number of rotatable bonds is 5. The predicted molar refractivity (Wildman–Crippen MR) is 140 cm³/mol. The molecule has 3 aromatic heterocycles. The van der Waals surface area contributed by atoms with E-state index in [0.717, 1.165) is 22.9 Å². The Bertz CT molecular complexity index is 1660. The Hall–Kier alpha value is -2.85. The molecule has 0 radical (unpaired) electrons. The lowest BCUT2D eigenvalue weighted by Crippen LogP contribution is -2.42. The fourth-order valence-electron chi connectivity index (χ4n) is 6.93. The molecule has 4 heterocycles. The normalized spacial score (nSPS) is 31.0. The second-order valence-electron chi connectivity index (χ2n) is 11.1. The second kappa shape index (κ2) is 7.85. The smallest absolute Gasteiger partial charge is 0.164 e. The largest absolute Gasteiger partial charge is 0.382 e. The van der Waals surface area contributed by atoms with E-state index in [4.69, 9.17) is 38.4 Å². The number of carbonyl (C=O) groups excluding carboxylic acids is 1. The minimum absolute atomic E-state index is 0.0424. The minimum Gasteiger partial charge on any atom is -0.382 e. The lowest BCUT2D eigenvalue weighted by molar-refractivity contribution is -0.168. The number of hydrogen-bond acceptors (Lipinski definition) is 7. The third-order valence-electron chi connectivity index (χ3n) is 8.47. The topological polar surface area (TPSA) is 105 Å². The third kappa shape index (κ3) is 3.22. The maximum Gasteiger partial charge on any atom is 0.164 e. The average Bonchev–Trinajstić information content (AvgIpc) is 3.16. The maximum atomic E-state index is 14.9. The van der Waals surface area contributed by atoms with Crippen molar-refractivity contribution in [1.29, 1.82) is 0 Å². The summed E-state index contributed by atoms with van der Waals surface area (Å²) in [6, 6.07) is 6.58. The number of pyridine rings is 1. The van der Waals surface area contributed by atoms with Crippen LogP contribution in [-0.2, 0) is 20.7 Å². The Kier molecular flexibility index (Phi) is 5.00. The summed E-state index contributed by atoms with van der Waals surface area (Å²) >= 11 is 12.3. The molecule has 0 bridgehead atoms. The van der Waals surface area contributed by atoms with Gasteiger partial charge in [0.25, 0.3) is 0 Å². The van der Waals surface area contributed by atoms with Crippen LogP contribution in [0.3, 0.4) is 0 Å². The fourth-order valence-corrected chi connectivity index (χ4v) is 7.27. The Balaban J connectivity index is 1.22. The van der Waals surface area contributed by atoms with Gasteiger partial charge in [-0.05, 0) is 62.9 Å². The number of nitrogen functional groups attached to an aromatic ring is 1. The Morgan fingerprint density at radius 1 is 1.24 bits per heavy atom. The number of anilines is 1. The molecule has 11 heteroatoms. The lowest BCUT2D eigenvalue weighted by atomic mass is 9.76. The zero-order valence-electron chi connectivity index (χ0n) is 20.6. The van der Waals surface area contributed by atoms with E-state index in [1.807, 2.05) is 26.1 Å². The van der Waals surface area contributed by atoms with Gasteiger partial charge < -0.3 is 24.6 Å². The van der Waals surface area contributed by atoms with Gasteiger partial charge in [-0.1, -0.05) is 23.2 Å². The number of aromatic nitrogens is 4. The molecule has 3 aliphatic rings. The van der Waals surface area contributed by atoms with Gasteiger partial charge in [0.05, 0.1) is 27.4 Å². The van der Waals surface area contributed by atoms with Crippen LogP contribution in [0.15, 0.2) is 36.8 Å². The zero-order chi connectivity index (χ0) is 26.6. The number of fused-ring (bicyclic) bond motifs is 2. The highest BCUT2D eigenvalue weighted by Crippen LogP contribution is 2.76. The average molecular weight is 556 g/mol. The summed E-state index contributed by atoms with van der Waals surface area (Å²) < 4.78 is 30.0. The number of aryl methyl sites for hydroxylation is 1. The van der Waals surface area contributed by atoms with Crippen LogP contribution in [-0.4, -0.2) is 43.3 Å². The summed E-state index contributed by atoms with van der Waals surface area (Å²) in [6.07, 6.45) is 5.44. The molecular formula is C27H24Cl2FN5O3. The quantitative estimate of drug-likeness (QED) is 0.263. The molecule has 0 amide bonds. The monoisotopic (exact) mass is 555 g/mol. The molecule has 1 aliphatic heterocycles. The van der Waals surface area contributed by atoms with Crippen LogP contribution >= 0.6 is 23.2 Å². The van der Waals surface area contributed by atoms with E-state index in [9.17, 15) is 9.18 Å². The molecule has 7 rings (SSSR count). The minimum atomic E-state index is -0.863. The summed E-state index contributed by atoms with van der Waals surface area (Å²) in [5, 5.41) is 1.67. The van der Waals surface area contributed by atoms with Gasteiger partial charge in [0.15, 0.2) is 5.79 Å². The Morgan fingerprint density at radius 2 is 2.05 bits per heavy atom. The molecule has 1 saturated heterocycles. The van der Waals surface area contributed by atoms with E-state index in [1.54, 1.807) is 6.07 Å². The first-order valence-electron chi connectivity index (χ1n) is 12.4. The summed E-state index contributed by atoms with van der Waals surface area (Å²) in [5.74, 6) is -1.11. The van der Waals surface area contributed by atoms with Crippen molar-refractivity contribution in [2.75, 3.05) is 5.73 Å². The SMILES string of the molecule is CC1(C)O[C@@H]2[C@@](C=O)(CCc3cc(F)c4cc(Cl)c(N)nc4c3)C[C@H]3C(n4ccc5c(Cl)ncnc54)[C@]23O1. The molecule has 1 aromatic carbocycles. The number of nitrogens with two attached hydrogens (primary N) is 1. The highest BCUT2D eigenvalue weighted by molar-refractivity contribution is 6.34. The van der Waals surface area contributed by atoms with E-state index in [2.05, 4.69) is 19.5 Å². The standard InChI is InChI=1S/C27H24Cl2FN5O3/c1-25(2)37-24-26(11-36,5-3-13-7-18(30)15-9-17(28)22(31)34-19(15)8-13)10-16-20(27(16,24)38-25)35-6-4-14-21(29)32-12-33-23(14)35/h4,6-9,11-12,16,20,24H,3,5,10H2,1-2H3,(H2,31,34)/t16-,20?,24+,26-,27-/m0/s1. The first kappa shape index (κ1) is 24.2. The molecule has 38 heavy (non-hydrogen) atoms. The zero-order valence-corrected chi connectivity index (χ0v) is 22.1. The fraction of sp³-hybridized carbons (Fsp3) is 0.407. The molecule has 8 nitrogen and oxygen atoms in total. The number of carbonyl (C=O) groups is 1. The van der Waals surface area contributed by atoms with E-state index in [-0.39, 0.29) is 22.8 Å². The number of benzene rings is 1. The van der Waals surface area contributed by atoms with Gasteiger partial charge in [-0.2, -0.15) is 0 Å². The Labute approximate surface area is 227 Å². The van der Waals surface area contributed by atoms with E-state index >= 15 is 0 Å². The van der Waals surface area contributed by atoms with Crippen molar-refractivity contribution in [2.45, 2.75) is 56.6 Å². The van der Waals surface area contributed by atoms with Gasteiger partial charge in [-0.25, -0.2) is 19.3 Å². The summed E-state index contributed by atoms with van der Waals surface area (Å²) in [5.41, 5.74) is 6.25. The van der Waals surface area contributed by atoms with Crippen molar-refractivity contribution in [1.82, 2.24) is 19.5 Å². The van der Waals surface area contributed by atoms with Gasteiger partial charge in [0, 0.05) is 17.5 Å². The number of hydrogen-bond donors (Lipinski definition) is 1. The van der Waals surface area contributed by atoms with Gasteiger partial charge in [-0.15, -0.1) is 0 Å². The number of aldehydes is 1. The lowest BCUT2D eigenvalue weighted by Gasteiger charge is -2.33. The molecule has 5 atom stereocenters. The van der Waals surface area contributed by atoms with Crippen molar-refractivity contribution >= 4 is 57.2 Å². The molecule has 4 aromatic rings. The van der Waals surface area contributed by atoms with Crippen LogP contribution < -0.4 is 5.73 Å². The predicted octanol–water partition coefficient (Wildman–Crippen LogP) is 5.29. The molecule has 1 unspecified atom stereocenters. The van der Waals surface area contributed by atoms with Crippen LogP contribution in [0.5, 0.6) is 0 Å². The first-order chi connectivity index (χ1) is 18.1. The van der Waals surface area contributed by atoms with Crippen molar-refractivity contribution in [3.8, 4) is 0 Å². The van der Waals surface area contributed by atoms with Gasteiger partial charge >= 0.3 is 0 Å². The highest BCUT2D eigenvalue weighted by atomic mass is 35.5. The van der Waals surface area contributed by atoms with Crippen molar-refractivity contribution < 1.29 is 18.7 Å². The van der Waals surface area contributed by atoms with Crippen LogP contribution in [0, 0.1) is 17.2 Å². The molecule has 196 valence electrons. The molecule has 1 spiro atoms. The van der Waals surface area contributed by atoms with Gasteiger partial charge in [0.2, 0.25) is 0 Å². The number of halogens is 3. The van der Waals surface area contributed by atoms with Crippen molar-refractivity contribution in [2.24, 2.45) is 11.3 Å². The van der Waals surface area contributed by atoms with Crippen LogP contribution in [0.4, 0.5) is 10.2 Å². The molecule has 3 fully saturated rings. The van der Waals surface area contributed by atoms with E-state index in [0.29, 0.717) is 35.3 Å². The van der Waals surface area contributed by atoms with Crippen LogP contribution in [0.1, 0.15) is 38.3 Å². The third-order valence-corrected chi connectivity index (χ3v) is 9.07. The highest BCUT2D eigenvalue weighted by Gasteiger charge is 2.85. The number of ether oxygens (including phenoxy) is 2. The first-order valence-corrected chi connectivity index (χ1v) is 13.2. The van der Waals surface area contributed by atoms with Crippen molar-refractivity contribution in [3.63, 3.8) is 0 Å². The molecule has 2 N–H and O–H groups in total. The molecule has 2 aliphatic carbocycles. The molecule has 2 saturated carbocycles. The summed E-state index contributed by atoms with van der Waals surface area (Å²) in [6.45, 7) is 3.74. The van der Waals surface area contributed by atoms with Crippen LogP contribution in [0.2, 0.25) is 10.2 Å². The van der Waals surface area contributed by atoms with Crippen molar-refractivity contribution in [3.05, 3.63) is 58.3 Å². The van der Waals surface area contributed by atoms with Gasteiger partial charge in [-0.3, -0.25) is 0 Å². The van der Waals surface area contributed by atoms with Gasteiger partial charge in [0.1, 0.15) is 46.8 Å². The number of nitrogens with zero attached hydrogens (tertiary/aromatic N) is 4. The summed E-state index contributed by atoms with van der Waals surface area (Å²) in [7, 11) is 0. The molecular weight excluding hydrogens is 532 g/mol. The Morgan fingerprint density at radius 3 is 2.84 bits per heavy atom. The van der Waals surface area contributed by atoms with E-state index in [1.165, 1.54) is 18.5 Å². The maximum absolute atomic E-state index is 14.9. The van der Waals surface area contributed by atoms with E-state index < -0.39 is 28.7 Å². The summed E-state index contributed by atoms with van der Waals surface area (Å²) in [4.78, 5) is 25.6. The second-order valence-corrected chi connectivity index (χ2v) is 11.8.